The summed E-state index contributed by atoms with van der Waals surface area (Å²) in [7, 11) is 0. The van der Waals surface area contributed by atoms with Crippen LogP contribution in [0.3, 0.4) is 0 Å². The molecule has 1 aromatic rings. The van der Waals surface area contributed by atoms with E-state index in [0.717, 1.165) is 38.8 Å². The lowest BCUT2D eigenvalue weighted by atomic mass is 9.78. The summed E-state index contributed by atoms with van der Waals surface area (Å²) in [6.07, 6.45) is 9.62. The summed E-state index contributed by atoms with van der Waals surface area (Å²) in [4.78, 5) is 12.1. The number of benzene rings is 1. The number of halogens is 1. The Morgan fingerprint density at radius 1 is 1.12 bits per heavy atom. The van der Waals surface area contributed by atoms with E-state index in [1.54, 1.807) is 0 Å². The molecule has 4 heteroatoms. The van der Waals surface area contributed by atoms with Gasteiger partial charge in [0.2, 0.25) is 5.91 Å². The number of carbonyl (C=O) groups excluding carboxylic acids is 1. The largest absolute Gasteiger partial charge is 0.355 e. The lowest BCUT2D eigenvalue weighted by Crippen LogP contribution is -2.39. The minimum atomic E-state index is 0. The molecular formula is C20H33ClN2O. The van der Waals surface area contributed by atoms with E-state index in [0.29, 0.717) is 6.42 Å². The highest BCUT2D eigenvalue weighted by atomic mass is 35.5. The van der Waals surface area contributed by atoms with Crippen LogP contribution in [-0.2, 0) is 16.6 Å². The molecule has 24 heavy (non-hydrogen) atoms. The van der Waals surface area contributed by atoms with E-state index in [9.17, 15) is 4.79 Å². The third-order valence-corrected chi connectivity index (χ3v) is 5.27. The monoisotopic (exact) mass is 352 g/mol. The van der Waals surface area contributed by atoms with Crippen molar-refractivity contribution in [3.05, 3.63) is 35.4 Å². The van der Waals surface area contributed by atoms with Crippen molar-refractivity contribution in [1.29, 1.82) is 0 Å². The number of nitrogens with one attached hydrogen (secondary N) is 1. The van der Waals surface area contributed by atoms with Crippen LogP contribution in [0.25, 0.3) is 0 Å². The Bertz CT molecular complexity index is 481. The summed E-state index contributed by atoms with van der Waals surface area (Å²) in [5.41, 5.74) is 8.42. The molecule has 0 radical (unpaired) electrons. The second-order valence-corrected chi connectivity index (χ2v) is 6.91. The molecular weight excluding hydrogens is 320 g/mol. The van der Waals surface area contributed by atoms with Crippen LogP contribution >= 0.6 is 12.4 Å². The number of rotatable bonds is 9. The van der Waals surface area contributed by atoms with Gasteiger partial charge in [-0.25, -0.2) is 0 Å². The predicted molar refractivity (Wildman–Crippen MR) is 104 cm³/mol. The third kappa shape index (κ3) is 5.78. The van der Waals surface area contributed by atoms with Gasteiger partial charge in [0, 0.05) is 18.4 Å². The molecule has 1 fully saturated rings. The second-order valence-electron chi connectivity index (χ2n) is 6.91. The van der Waals surface area contributed by atoms with Crippen LogP contribution in [0.5, 0.6) is 0 Å². The maximum Gasteiger partial charge on any atom is 0.220 e. The quantitative estimate of drug-likeness (QED) is 0.657. The zero-order valence-electron chi connectivity index (χ0n) is 15.0. The normalized spacial score (nSPS) is 15.8. The van der Waals surface area contributed by atoms with Crippen molar-refractivity contribution in [3.63, 3.8) is 0 Å². The molecule has 2 rings (SSSR count). The van der Waals surface area contributed by atoms with E-state index in [-0.39, 0.29) is 23.7 Å². The fourth-order valence-electron chi connectivity index (χ4n) is 3.68. The average molecular weight is 353 g/mol. The third-order valence-electron chi connectivity index (χ3n) is 5.27. The van der Waals surface area contributed by atoms with Gasteiger partial charge in [-0.1, -0.05) is 50.5 Å². The lowest BCUT2D eigenvalue weighted by Gasteiger charge is -2.30. The molecule has 3 N–H and O–H groups in total. The van der Waals surface area contributed by atoms with Gasteiger partial charge >= 0.3 is 0 Å². The fourth-order valence-corrected chi connectivity index (χ4v) is 3.68. The van der Waals surface area contributed by atoms with Gasteiger partial charge in [-0.3, -0.25) is 4.79 Å². The minimum absolute atomic E-state index is 0. The van der Waals surface area contributed by atoms with Crippen molar-refractivity contribution >= 4 is 18.3 Å². The van der Waals surface area contributed by atoms with Gasteiger partial charge in [-0.2, -0.15) is 0 Å². The number of unbranched alkanes of at least 4 members (excludes halogenated alkanes) is 2. The van der Waals surface area contributed by atoms with Crippen molar-refractivity contribution < 1.29 is 4.79 Å². The van der Waals surface area contributed by atoms with Crippen LogP contribution in [0.15, 0.2) is 24.3 Å². The first kappa shape index (κ1) is 21.0. The molecule has 1 amide bonds. The summed E-state index contributed by atoms with van der Waals surface area (Å²) < 4.78 is 0. The van der Waals surface area contributed by atoms with Crippen molar-refractivity contribution in [1.82, 2.24) is 5.32 Å². The zero-order chi connectivity index (χ0) is 16.5. The number of hydrogen-bond acceptors (Lipinski definition) is 2. The van der Waals surface area contributed by atoms with E-state index in [4.69, 9.17) is 5.73 Å². The van der Waals surface area contributed by atoms with Crippen molar-refractivity contribution in [2.45, 2.75) is 70.1 Å². The van der Waals surface area contributed by atoms with Crippen molar-refractivity contribution in [2.75, 3.05) is 13.1 Å². The summed E-state index contributed by atoms with van der Waals surface area (Å²) in [5, 5.41) is 3.20. The van der Waals surface area contributed by atoms with Gasteiger partial charge in [-0.05, 0) is 49.8 Å². The maximum atomic E-state index is 12.1. The smallest absolute Gasteiger partial charge is 0.220 e. The molecule has 3 nitrogen and oxygen atoms in total. The average Bonchev–Trinajstić information content (AvgIpc) is 3.07. The summed E-state index contributed by atoms with van der Waals surface area (Å²) >= 11 is 0. The molecule has 0 aliphatic heterocycles. The van der Waals surface area contributed by atoms with E-state index in [1.807, 2.05) is 0 Å². The van der Waals surface area contributed by atoms with Gasteiger partial charge < -0.3 is 11.1 Å². The molecule has 0 unspecified atom stereocenters. The molecule has 136 valence electrons. The Balaban J connectivity index is 0.00000288. The molecule has 1 aliphatic rings. The van der Waals surface area contributed by atoms with Crippen LogP contribution in [0, 0.1) is 0 Å². The SMILES string of the molecule is CCc1ccc(C2(CNC(=O)CCCCCN)CCCC2)cc1.Cl. The van der Waals surface area contributed by atoms with Gasteiger partial charge in [0.1, 0.15) is 0 Å². The number of amides is 1. The Morgan fingerprint density at radius 3 is 2.38 bits per heavy atom. The number of nitrogens with two attached hydrogens (primary N) is 1. The zero-order valence-corrected chi connectivity index (χ0v) is 15.8. The number of hydrogen-bond donors (Lipinski definition) is 2. The van der Waals surface area contributed by atoms with Gasteiger partial charge in [0.15, 0.2) is 0 Å². The van der Waals surface area contributed by atoms with E-state index in [1.165, 1.54) is 36.8 Å². The van der Waals surface area contributed by atoms with Crippen LogP contribution in [0.4, 0.5) is 0 Å². The maximum absolute atomic E-state index is 12.1. The summed E-state index contributed by atoms with van der Waals surface area (Å²) in [5.74, 6) is 0.193. The fraction of sp³-hybridized carbons (Fsp3) is 0.650. The molecule has 0 aromatic heterocycles. The first-order valence-corrected chi connectivity index (χ1v) is 9.26. The van der Waals surface area contributed by atoms with E-state index >= 15 is 0 Å². The standard InChI is InChI=1S/C20H32N2O.ClH/c1-2-17-9-11-18(12-10-17)20(13-5-6-14-20)16-22-19(23)8-4-3-7-15-21;/h9-12H,2-8,13-16,21H2,1H3,(H,22,23);1H. The number of aryl methyl sites for hydroxylation is 1. The predicted octanol–water partition coefficient (Wildman–Crippen LogP) is 4.12. The highest BCUT2D eigenvalue weighted by molar-refractivity contribution is 5.85. The molecule has 0 atom stereocenters. The van der Waals surface area contributed by atoms with Gasteiger partial charge in [0.05, 0.1) is 0 Å². The van der Waals surface area contributed by atoms with Crippen LogP contribution < -0.4 is 11.1 Å². The Kier molecular flexibility index (Phi) is 9.38. The highest BCUT2D eigenvalue weighted by Gasteiger charge is 2.35. The van der Waals surface area contributed by atoms with Gasteiger partial charge in [0.25, 0.3) is 0 Å². The summed E-state index contributed by atoms with van der Waals surface area (Å²) in [6, 6.07) is 9.03. The molecule has 1 aliphatic carbocycles. The molecule has 0 saturated heterocycles. The van der Waals surface area contributed by atoms with Crippen LogP contribution in [0.1, 0.15) is 69.4 Å². The molecule has 0 bridgehead atoms. The Morgan fingerprint density at radius 2 is 1.79 bits per heavy atom. The molecule has 0 spiro atoms. The van der Waals surface area contributed by atoms with Crippen LogP contribution in [-0.4, -0.2) is 19.0 Å². The number of carbonyl (C=O) groups is 1. The first-order valence-electron chi connectivity index (χ1n) is 9.26. The highest BCUT2D eigenvalue weighted by Crippen LogP contribution is 2.40. The van der Waals surface area contributed by atoms with Gasteiger partial charge in [-0.15, -0.1) is 12.4 Å². The van der Waals surface area contributed by atoms with E-state index in [2.05, 4.69) is 36.5 Å². The topological polar surface area (TPSA) is 55.1 Å². The lowest BCUT2D eigenvalue weighted by molar-refractivity contribution is -0.121. The minimum Gasteiger partial charge on any atom is -0.355 e. The van der Waals surface area contributed by atoms with Crippen molar-refractivity contribution in [3.8, 4) is 0 Å². The Labute approximate surface area is 153 Å². The Hall–Kier alpha value is -1.06. The van der Waals surface area contributed by atoms with E-state index < -0.39 is 0 Å². The van der Waals surface area contributed by atoms with Crippen molar-refractivity contribution in [2.24, 2.45) is 5.73 Å². The summed E-state index contributed by atoms with van der Waals surface area (Å²) in [6.45, 7) is 3.69. The van der Waals surface area contributed by atoms with Crippen LogP contribution in [0.2, 0.25) is 0 Å². The molecule has 1 aromatic carbocycles. The second kappa shape index (κ2) is 10.7. The molecule has 0 heterocycles. The first-order chi connectivity index (χ1) is 11.2. The molecule has 1 saturated carbocycles.